The lowest BCUT2D eigenvalue weighted by Crippen LogP contribution is -3.09. The molecule has 0 radical (unpaired) electrons. The third kappa shape index (κ3) is 6.05. The van der Waals surface area contributed by atoms with Gasteiger partial charge in [-0.1, -0.05) is 91.0 Å². The van der Waals surface area contributed by atoms with Crippen molar-refractivity contribution in [3.05, 3.63) is 126 Å². The second-order valence-electron chi connectivity index (χ2n) is 9.67. The van der Waals surface area contributed by atoms with Crippen molar-refractivity contribution in [2.45, 2.75) is 26.6 Å². The predicted octanol–water partition coefficient (Wildman–Crippen LogP) is 5.78. The van der Waals surface area contributed by atoms with Crippen molar-refractivity contribution in [2.75, 3.05) is 20.3 Å². The molecule has 0 atom stereocenters. The molecule has 0 saturated carbocycles. The van der Waals surface area contributed by atoms with Crippen LogP contribution in [-0.2, 0) is 24.4 Å². The number of methoxy groups -OCH3 is 1. The number of nitrogens with zero attached hydrogens (tertiary/aromatic N) is 1. The fourth-order valence-electron chi connectivity index (χ4n) is 5.28. The topological polar surface area (TPSA) is 44.9 Å². The predicted molar refractivity (Wildman–Crippen MR) is 156 cm³/mol. The molecule has 1 heterocycles. The summed E-state index contributed by atoms with van der Waals surface area (Å²) in [5.41, 5.74) is 6.04. The highest BCUT2D eigenvalue weighted by molar-refractivity contribution is 6.09. The quantitative estimate of drug-likeness (QED) is 0.225. The Hall–Kier alpha value is -4.35. The number of nitrogens with one attached hydrogen (secondary N) is 1. The number of hydrogen-bond donors (Lipinski definition) is 1. The Balaban J connectivity index is 1.58. The summed E-state index contributed by atoms with van der Waals surface area (Å²) in [6.07, 6.45) is 0. The summed E-state index contributed by atoms with van der Waals surface area (Å²) in [5.74, 6) is 0.451. The van der Waals surface area contributed by atoms with E-state index >= 15 is 0 Å². The second-order valence-corrected chi connectivity index (χ2v) is 9.67. The number of aromatic nitrogens is 1. The molecule has 198 valence electrons. The Morgan fingerprint density at radius 3 is 1.95 bits per heavy atom. The first-order chi connectivity index (χ1) is 19.2. The average Bonchev–Trinajstić information content (AvgIpc) is 3.31. The van der Waals surface area contributed by atoms with Crippen LogP contribution in [0.3, 0.4) is 0 Å². The number of carbonyl (C=O) groups is 1. The minimum absolute atomic E-state index is 0.306. The van der Waals surface area contributed by atoms with Crippen molar-refractivity contribution in [1.29, 1.82) is 0 Å². The fraction of sp³-hybridized carbons (Fsp3) is 0.206. The van der Waals surface area contributed by atoms with Gasteiger partial charge in [0.25, 0.3) is 0 Å². The molecule has 0 spiro atoms. The van der Waals surface area contributed by atoms with E-state index in [0.717, 1.165) is 47.4 Å². The van der Waals surface area contributed by atoms with Gasteiger partial charge in [-0.3, -0.25) is 0 Å². The van der Waals surface area contributed by atoms with Gasteiger partial charge >= 0.3 is 5.97 Å². The van der Waals surface area contributed by atoms with E-state index in [4.69, 9.17) is 9.47 Å². The van der Waals surface area contributed by atoms with Crippen molar-refractivity contribution >= 4 is 16.9 Å². The summed E-state index contributed by atoms with van der Waals surface area (Å²) in [7, 11) is 1.67. The molecule has 0 fully saturated rings. The van der Waals surface area contributed by atoms with Crippen LogP contribution in [0.2, 0.25) is 0 Å². The van der Waals surface area contributed by atoms with Gasteiger partial charge in [-0.05, 0) is 30.7 Å². The van der Waals surface area contributed by atoms with E-state index in [9.17, 15) is 4.79 Å². The van der Waals surface area contributed by atoms with Crippen molar-refractivity contribution in [2.24, 2.45) is 0 Å². The van der Waals surface area contributed by atoms with E-state index in [1.54, 1.807) is 7.11 Å². The first-order valence-corrected chi connectivity index (χ1v) is 13.5. The van der Waals surface area contributed by atoms with Gasteiger partial charge in [0.1, 0.15) is 24.5 Å². The number of benzene rings is 4. The smallest absolute Gasteiger partial charge is 0.355 e. The normalized spacial score (nSPS) is 11.2. The highest BCUT2D eigenvalue weighted by Gasteiger charge is 2.26. The van der Waals surface area contributed by atoms with Gasteiger partial charge in [0.2, 0.25) is 0 Å². The van der Waals surface area contributed by atoms with Crippen molar-refractivity contribution in [3.8, 4) is 16.9 Å². The molecule has 5 nitrogen and oxygen atoms in total. The van der Waals surface area contributed by atoms with Crippen LogP contribution in [0.15, 0.2) is 109 Å². The van der Waals surface area contributed by atoms with Crippen LogP contribution in [0.1, 0.15) is 28.5 Å². The number of quaternary nitrogens is 1. The van der Waals surface area contributed by atoms with E-state index in [-0.39, 0.29) is 5.97 Å². The molecule has 1 aromatic heterocycles. The number of fused-ring (bicyclic) bond motifs is 1. The van der Waals surface area contributed by atoms with Crippen molar-refractivity contribution < 1.29 is 19.2 Å². The lowest BCUT2D eigenvalue weighted by molar-refractivity contribution is -0.928. The molecule has 0 unspecified atom stereocenters. The van der Waals surface area contributed by atoms with Crippen LogP contribution in [0, 0.1) is 0 Å². The summed E-state index contributed by atoms with van der Waals surface area (Å²) in [6.45, 7) is 5.45. The summed E-state index contributed by atoms with van der Waals surface area (Å²) < 4.78 is 13.3. The lowest BCUT2D eigenvalue weighted by Gasteiger charge is -2.21. The van der Waals surface area contributed by atoms with E-state index in [1.165, 1.54) is 16.0 Å². The van der Waals surface area contributed by atoms with Crippen LogP contribution in [0.25, 0.3) is 22.0 Å². The molecule has 4 aromatic carbocycles. The fourth-order valence-corrected chi connectivity index (χ4v) is 5.28. The largest absolute Gasteiger partial charge is 0.497 e. The zero-order valence-electron chi connectivity index (χ0n) is 22.6. The Kier molecular flexibility index (Phi) is 8.39. The van der Waals surface area contributed by atoms with Gasteiger partial charge in [0.05, 0.1) is 26.8 Å². The minimum atomic E-state index is -0.306. The van der Waals surface area contributed by atoms with Crippen LogP contribution >= 0.6 is 0 Å². The van der Waals surface area contributed by atoms with E-state index in [1.807, 2.05) is 49.4 Å². The standard InChI is InChI=1S/C34H34N2O3/c1-3-39-34(37)33-32(28-17-11-6-12-18-28)30-23-29(38-2)19-20-31(30)36(33)22-21-35(24-26-13-7-4-8-14-26)25-27-15-9-5-10-16-27/h4-20,23H,3,21-22,24-25H2,1-2H3/p+1. The molecule has 0 aliphatic heterocycles. The molecule has 5 rings (SSSR count). The summed E-state index contributed by atoms with van der Waals surface area (Å²) in [5, 5.41) is 0.983. The first kappa shape index (κ1) is 26.3. The summed E-state index contributed by atoms with van der Waals surface area (Å²) >= 11 is 0. The Morgan fingerprint density at radius 2 is 1.38 bits per heavy atom. The van der Waals surface area contributed by atoms with Gasteiger partial charge in [-0.15, -0.1) is 0 Å². The third-order valence-electron chi connectivity index (χ3n) is 7.08. The highest BCUT2D eigenvalue weighted by Crippen LogP contribution is 2.37. The molecule has 0 bridgehead atoms. The average molecular weight is 520 g/mol. The van der Waals surface area contributed by atoms with Gasteiger partial charge in [0, 0.05) is 27.6 Å². The van der Waals surface area contributed by atoms with E-state index < -0.39 is 0 Å². The lowest BCUT2D eigenvalue weighted by atomic mass is 10.0. The van der Waals surface area contributed by atoms with Crippen LogP contribution in [0.5, 0.6) is 5.75 Å². The number of carbonyl (C=O) groups excluding carboxylic acids is 1. The molecule has 1 N–H and O–H groups in total. The minimum Gasteiger partial charge on any atom is -0.497 e. The SMILES string of the molecule is CCOC(=O)c1c(-c2ccccc2)c2cc(OC)ccc2n1CC[NH+](Cc1ccccc1)Cc1ccccc1. The molecule has 0 aliphatic carbocycles. The van der Waals surface area contributed by atoms with E-state index in [0.29, 0.717) is 18.8 Å². The molecule has 5 heteroatoms. The number of esters is 1. The molecule has 0 saturated heterocycles. The van der Waals surface area contributed by atoms with Crippen molar-refractivity contribution in [1.82, 2.24) is 4.57 Å². The van der Waals surface area contributed by atoms with Crippen LogP contribution in [-0.4, -0.2) is 30.8 Å². The van der Waals surface area contributed by atoms with Gasteiger partial charge in [-0.25, -0.2) is 4.79 Å². The Labute approximate surface area is 230 Å². The van der Waals surface area contributed by atoms with Crippen LogP contribution in [0.4, 0.5) is 0 Å². The van der Waals surface area contributed by atoms with Gasteiger partial charge in [0.15, 0.2) is 0 Å². The van der Waals surface area contributed by atoms with Crippen molar-refractivity contribution in [3.63, 3.8) is 0 Å². The van der Waals surface area contributed by atoms with Crippen LogP contribution < -0.4 is 9.64 Å². The maximum Gasteiger partial charge on any atom is 0.355 e. The summed E-state index contributed by atoms with van der Waals surface area (Å²) in [6, 6.07) is 37.3. The Bertz CT molecular complexity index is 1470. The third-order valence-corrected chi connectivity index (χ3v) is 7.08. The van der Waals surface area contributed by atoms with Gasteiger partial charge in [-0.2, -0.15) is 0 Å². The zero-order valence-corrected chi connectivity index (χ0v) is 22.6. The number of ether oxygens (including phenoxy) is 2. The molecule has 39 heavy (non-hydrogen) atoms. The zero-order chi connectivity index (χ0) is 27.0. The maximum absolute atomic E-state index is 13.5. The first-order valence-electron chi connectivity index (χ1n) is 13.5. The molecular weight excluding hydrogens is 484 g/mol. The maximum atomic E-state index is 13.5. The number of rotatable bonds is 11. The monoisotopic (exact) mass is 519 g/mol. The highest BCUT2D eigenvalue weighted by atomic mass is 16.5. The molecule has 0 amide bonds. The second kappa shape index (κ2) is 12.5. The number of hydrogen-bond acceptors (Lipinski definition) is 3. The Morgan fingerprint density at radius 1 is 0.795 bits per heavy atom. The van der Waals surface area contributed by atoms with Gasteiger partial charge < -0.3 is 18.9 Å². The molecular formula is C34H35N2O3+. The van der Waals surface area contributed by atoms with E-state index in [2.05, 4.69) is 71.3 Å². The summed E-state index contributed by atoms with van der Waals surface area (Å²) in [4.78, 5) is 14.9. The molecule has 0 aliphatic rings. The molecule has 5 aromatic rings.